The van der Waals surface area contributed by atoms with Crippen LogP contribution in [-0.4, -0.2) is 36.9 Å². The van der Waals surface area contributed by atoms with Crippen LogP contribution in [-0.2, 0) is 15.4 Å². The van der Waals surface area contributed by atoms with E-state index in [1.54, 1.807) is 16.4 Å². The number of sulfonamides is 1. The van der Waals surface area contributed by atoms with Crippen molar-refractivity contribution in [1.29, 1.82) is 0 Å². The Morgan fingerprint density at radius 2 is 1.77 bits per heavy atom. The van der Waals surface area contributed by atoms with Crippen LogP contribution in [0.4, 0.5) is 0 Å². The highest BCUT2D eigenvalue weighted by Gasteiger charge is 2.31. The minimum atomic E-state index is -3.50. The van der Waals surface area contributed by atoms with Gasteiger partial charge >= 0.3 is 0 Å². The smallest absolute Gasteiger partial charge is 0.274 e. The fraction of sp³-hybridized carbons (Fsp3) is 0.409. The molecule has 1 aliphatic rings. The molecule has 2 heterocycles. The molecule has 0 N–H and O–H groups in total. The largest absolute Gasteiger partial charge is 0.467 e. The Morgan fingerprint density at radius 1 is 1.10 bits per heavy atom. The second-order valence-corrected chi connectivity index (χ2v) is 11.9. The number of thiazole rings is 1. The van der Waals surface area contributed by atoms with E-state index >= 15 is 0 Å². The van der Waals surface area contributed by atoms with Gasteiger partial charge in [0.25, 0.3) is 5.19 Å². The number of benzene rings is 2. The molecule has 4 rings (SSSR count). The lowest BCUT2D eigenvalue weighted by Crippen LogP contribution is -2.41. The van der Waals surface area contributed by atoms with Gasteiger partial charge < -0.3 is 4.74 Å². The average molecular weight is 465 g/mol. The first-order chi connectivity index (χ1) is 14.1. The molecule has 1 aromatic heterocycles. The van der Waals surface area contributed by atoms with E-state index in [2.05, 4.69) is 25.8 Å². The van der Waals surface area contributed by atoms with E-state index in [0.29, 0.717) is 41.0 Å². The Morgan fingerprint density at radius 3 is 2.37 bits per heavy atom. The number of rotatable bonds is 4. The van der Waals surface area contributed by atoms with Crippen LogP contribution in [0.25, 0.3) is 10.2 Å². The van der Waals surface area contributed by atoms with E-state index in [1.165, 1.54) is 11.3 Å². The molecule has 0 aliphatic carbocycles. The van der Waals surface area contributed by atoms with E-state index in [-0.39, 0.29) is 11.5 Å². The van der Waals surface area contributed by atoms with Crippen LogP contribution in [0.2, 0.25) is 5.02 Å². The van der Waals surface area contributed by atoms with Gasteiger partial charge in [0.05, 0.1) is 14.6 Å². The zero-order valence-corrected chi connectivity index (χ0v) is 19.6. The van der Waals surface area contributed by atoms with Crippen LogP contribution >= 0.6 is 22.9 Å². The molecule has 8 heteroatoms. The third-order valence-electron chi connectivity index (χ3n) is 5.38. The minimum absolute atomic E-state index is 0.0111. The van der Waals surface area contributed by atoms with Gasteiger partial charge in [0.1, 0.15) is 11.6 Å². The third kappa shape index (κ3) is 4.35. The summed E-state index contributed by atoms with van der Waals surface area (Å²) in [5, 5.41) is 1.19. The van der Waals surface area contributed by atoms with Gasteiger partial charge in [0.2, 0.25) is 10.0 Å². The topological polar surface area (TPSA) is 59.5 Å². The van der Waals surface area contributed by atoms with E-state index in [4.69, 9.17) is 16.3 Å². The van der Waals surface area contributed by atoms with Crippen molar-refractivity contribution in [2.24, 2.45) is 0 Å². The van der Waals surface area contributed by atoms with Gasteiger partial charge in [-0.3, -0.25) is 0 Å². The van der Waals surface area contributed by atoms with Crippen LogP contribution in [0, 0.1) is 0 Å². The predicted octanol–water partition coefficient (Wildman–Crippen LogP) is 5.48. The molecule has 30 heavy (non-hydrogen) atoms. The summed E-state index contributed by atoms with van der Waals surface area (Å²) in [5.74, 6) is 0. The van der Waals surface area contributed by atoms with Crippen molar-refractivity contribution in [2.75, 3.05) is 13.1 Å². The molecule has 0 amide bonds. The summed E-state index contributed by atoms with van der Waals surface area (Å²) in [7, 11) is -3.50. The molecule has 1 fully saturated rings. The highest BCUT2D eigenvalue weighted by Crippen LogP contribution is 2.34. The van der Waals surface area contributed by atoms with Crippen LogP contribution in [0.3, 0.4) is 0 Å². The first-order valence-corrected chi connectivity index (χ1v) is 12.6. The maximum absolute atomic E-state index is 13.0. The standard InChI is InChI=1S/C22H25ClN2O3S2/c1-22(2,3)15-7-9-17(10-8-15)30(26,27)25-13-11-16(12-14-25)28-21-24-20-18(23)5-4-6-19(20)29-21/h4-10,16H,11-14H2,1-3H3. The monoisotopic (exact) mass is 464 g/mol. The Kier molecular flexibility index (Phi) is 5.83. The molecular weight excluding hydrogens is 440 g/mol. The van der Waals surface area contributed by atoms with Crippen molar-refractivity contribution >= 4 is 43.2 Å². The number of aromatic nitrogens is 1. The number of fused-ring (bicyclic) bond motifs is 1. The molecule has 3 aromatic rings. The second-order valence-electron chi connectivity index (χ2n) is 8.56. The Labute approximate surface area is 186 Å². The number of para-hydroxylation sites is 1. The maximum Gasteiger partial charge on any atom is 0.274 e. The van der Waals surface area contributed by atoms with Crippen molar-refractivity contribution in [3.63, 3.8) is 0 Å². The average Bonchev–Trinajstić information content (AvgIpc) is 3.12. The van der Waals surface area contributed by atoms with Crippen molar-refractivity contribution in [1.82, 2.24) is 9.29 Å². The molecule has 0 bridgehead atoms. The van der Waals surface area contributed by atoms with Crippen molar-refractivity contribution < 1.29 is 13.2 Å². The van der Waals surface area contributed by atoms with Gasteiger partial charge in [-0.1, -0.05) is 61.9 Å². The lowest BCUT2D eigenvalue weighted by Gasteiger charge is -2.31. The Bertz CT molecular complexity index is 1140. The molecule has 160 valence electrons. The molecular formula is C22H25ClN2O3S2. The zero-order valence-electron chi connectivity index (χ0n) is 17.3. The van der Waals surface area contributed by atoms with Crippen LogP contribution in [0.1, 0.15) is 39.2 Å². The number of piperidine rings is 1. The summed E-state index contributed by atoms with van der Waals surface area (Å²) in [6.07, 6.45) is 1.20. The summed E-state index contributed by atoms with van der Waals surface area (Å²) in [6, 6.07) is 12.9. The van der Waals surface area contributed by atoms with E-state index in [9.17, 15) is 8.42 Å². The normalized spacial score (nSPS) is 16.8. The highest BCUT2D eigenvalue weighted by atomic mass is 35.5. The van der Waals surface area contributed by atoms with Gasteiger partial charge in [0.15, 0.2) is 0 Å². The van der Waals surface area contributed by atoms with Crippen LogP contribution < -0.4 is 4.74 Å². The Hall–Kier alpha value is -1.67. The molecule has 1 saturated heterocycles. The summed E-state index contributed by atoms with van der Waals surface area (Å²) in [5.41, 5.74) is 1.85. The van der Waals surface area contributed by atoms with Crippen molar-refractivity contribution in [3.8, 4) is 5.19 Å². The predicted molar refractivity (Wildman–Crippen MR) is 122 cm³/mol. The van der Waals surface area contributed by atoms with Crippen LogP contribution in [0.15, 0.2) is 47.4 Å². The summed E-state index contributed by atoms with van der Waals surface area (Å²) < 4.78 is 34.6. The molecule has 2 aromatic carbocycles. The molecule has 0 atom stereocenters. The van der Waals surface area contributed by atoms with Crippen molar-refractivity contribution in [3.05, 3.63) is 53.1 Å². The van der Waals surface area contributed by atoms with Gasteiger partial charge in [0, 0.05) is 13.1 Å². The summed E-state index contributed by atoms with van der Waals surface area (Å²) in [6.45, 7) is 7.20. The number of hydrogen-bond acceptors (Lipinski definition) is 5. The first kappa shape index (κ1) is 21.6. The van der Waals surface area contributed by atoms with Crippen molar-refractivity contribution in [2.45, 2.75) is 50.0 Å². The van der Waals surface area contributed by atoms with Gasteiger partial charge in [-0.15, -0.1) is 0 Å². The SMILES string of the molecule is CC(C)(C)c1ccc(S(=O)(=O)N2CCC(Oc3nc4c(Cl)cccc4s3)CC2)cc1. The lowest BCUT2D eigenvalue weighted by molar-refractivity contribution is 0.135. The van der Waals surface area contributed by atoms with Gasteiger partial charge in [-0.05, 0) is 48.1 Å². The second kappa shape index (κ2) is 8.11. The molecule has 0 saturated carbocycles. The molecule has 0 unspecified atom stereocenters. The maximum atomic E-state index is 13.0. The third-order valence-corrected chi connectivity index (χ3v) is 8.51. The van der Waals surface area contributed by atoms with Gasteiger partial charge in [-0.2, -0.15) is 4.31 Å². The van der Waals surface area contributed by atoms with Gasteiger partial charge in [-0.25, -0.2) is 13.4 Å². The number of ether oxygens (including phenoxy) is 1. The molecule has 1 aliphatic heterocycles. The quantitative estimate of drug-likeness (QED) is 0.513. The summed E-state index contributed by atoms with van der Waals surface area (Å²) >= 11 is 7.65. The lowest BCUT2D eigenvalue weighted by atomic mass is 9.87. The van der Waals surface area contributed by atoms with Crippen LogP contribution in [0.5, 0.6) is 5.19 Å². The number of hydrogen-bond donors (Lipinski definition) is 0. The summed E-state index contributed by atoms with van der Waals surface area (Å²) in [4.78, 5) is 4.83. The first-order valence-electron chi connectivity index (χ1n) is 9.97. The zero-order chi connectivity index (χ0) is 21.5. The fourth-order valence-corrected chi connectivity index (χ4v) is 6.20. The Balaban J connectivity index is 1.41. The molecule has 0 spiro atoms. The number of halogens is 1. The highest BCUT2D eigenvalue weighted by molar-refractivity contribution is 7.89. The minimum Gasteiger partial charge on any atom is -0.467 e. The molecule has 0 radical (unpaired) electrons. The molecule has 5 nitrogen and oxygen atoms in total. The number of nitrogens with zero attached hydrogens (tertiary/aromatic N) is 2. The van der Waals surface area contributed by atoms with E-state index in [0.717, 1.165) is 15.8 Å². The van der Waals surface area contributed by atoms with E-state index < -0.39 is 10.0 Å². The van der Waals surface area contributed by atoms with E-state index in [1.807, 2.05) is 30.3 Å². The fourth-order valence-electron chi connectivity index (χ4n) is 3.55.